The van der Waals surface area contributed by atoms with Gasteiger partial charge < -0.3 is 10.2 Å². The summed E-state index contributed by atoms with van der Waals surface area (Å²) in [5.74, 6) is 0.938. The Morgan fingerprint density at radius 3 is 2.20 bits per heavy atom. The van der Waals surface area contributed by atoms with Crippen molar-refractivity contribution >= 4 is 11.8 Å². The summed E-state index contributed by atoms with van der Waals surface area (Å²) in [7, 11) is 0. The largest absolute Gasteiger partial charge is 0.356 e. The molecule has 2 atom stereocenters. The van der Waals surface area contributed by atoms with Crippen LogP contribution in [0.5, 0.6) is 0 Å². The summed E-state index contributed by atoms with van der Waals surface area (Å²) < 4.78 is 0. The zero-order valence-corrected chi connectivity index (χ0v) is 17.5. The maximum absolute atomic E-state index is 12.4. The van der Waals surface area contributed by atoms with Gasteiger partial charge in [0, 0.05) is 17.5 Å². The van der Waals surface area contributed by atoms with E-state index in [1.54, 1.807) is 6.92 Å². The third-order valence-electron chi connectivity index (χ3n) is 6.41. The molecule has 1 saturated heterocycles. The lowest BCUT2D eigenvalue weighted by Crippen LogP contribution is -2.40. The van der Waals surface area contributed by atoms with E-state index in [1.807, 2.05) is 18.7 Å². The van der Waals surface area contributed by atoms with Gasteiger partial charge in [-0.2, -0.15) is 0 Å². The third kappa shape index (κ3) is 4.45. The van der Waals surface area contributed by atoms with Crippen molar-refractivity contribution in [3.8, 4) is 0 Å². The molecule has 0 spiro atoms. The molecule has 1 aliphatic heterocycles. The second-order valence-electron chi connectivity index (χ2n) is 8.98. The van der Waals surface area contributed by atoms with Gasteiger partial charge in [0.2, 0.25) is 11.8 Å². The summed E-state index contributed by atoms with van der Waals surface area (Å²) in [6, 6.07) is 0.291. The molecule has 2 unspecified atom stereocenters. The number of carbonyl (C=O) groups is 2. The minimum absolute atomic E-state index is 0.0566. The summed E-state index contributed by atoms with van der Waals surface area (Å²) in [4.78, 5) is 26.6. The fraction of sp³-hybridized carbons (Fsp3) is 0.810. The summed E-state index contributed by atoms with van der Waals surface area (Å²) in [6.45, 7) is 20.9. The topological polar surface area (TPSA) is 49.2 Å². The smallest absolute Gasteiger partial charge is 0.249 e. The van der Waals surface area contributed by atoms with Gasteiger partial charge in [-0.15, -0.1) is 0 Å². The minimum Gasteiger partial charge on any atom is -0.356 e. The van der Waals surface area contributed by atoms with Crippen LogP contribution in [0, 0.1) is 17.3 Å². The van der Waals surface area contributed by atoms with E-state index >= 15 is 0 Å². The molecule has 1 fully saturated rings. The first-order valence-corrected chi connectivity index (χ1v) is 9.65. The molecule has 0 radical (unpaired) electrons. The predicted octanol–water partition coefficient (Wildman–Crippen LogP) is 4.16. The maximum atomic E-state index is 12.4. The highest BCUT2D eigenvalue weighted by molar-refractivity contribution is 5.95. The van der Waals surface area contributed by atoms with E-state index in [-0.39, 0.29) is 22.8 Å². The molecular weight excluding hydrogens is 312 g/mol. The third-order valence-corrected chi connectivity index (χ3v) is 6.41. The first kappa shape index (κ1) is 21.7. The molecule has 1 aliphatic rings. The monoisotopic (exact) mass is 350 g/mol. The number of rotatable bonds is 9. The molecule has 0 aliphatic carbocycles. The Morgan fingerprint density at radius 2 is 1.76 bits per heavy atom. The van der Waals surface area contributed by atoms with Gasteiger partial charge in [0.05, 0.1) is 11.6 Å². The molecule has 4 heteroatoms. The number of nitrogens with one attached hydrogen (secondary N) is 1. The second-order valence-corrected chi connectivity index (χ2v) is 8.98. The molecule has 2 amide bonds. The number of amides is 2. The van der Waals surface area contributed by atoms with E-state index in [1.165, 1.54) is 0 Å². The van der Waals surface area contributed by atoms with E-state index in [0.717, 1.165) is 19.3 Å². The Morgan fingerprint density at radius 1 is 1.20 bits per heavy atom. The number of unbranched alkanes of at least 4 members (excludes halogenated alkanes) is 1. The lowest BCUT2D eigenvalue weighted by molar-refractivity contribution is -0.131. The van der Waals surface area contributed by atoms with Crippen LogP contribution in [0.2, 0.25) is 0 Å². The van der Waals surface area contributed by atoms with Crippen LogP contribution in [0.15, 0.2) is 12.2 Å². The summed E-state index contributed by atoms with van der Waals surface area (Å²) in [6.07, 6.45) is 2.94. The van der Waals surface area contributed by atoms with Crippen molar-refractivity contribution in [3.05, 3.63) is 12.2 Å². The lowest BCUT2D eigenvalue weighted by atomic mass is 9.80. The number of hydrogen-bond acceptors (Lipinski definition) is 2. The molecule has 25 heavy (non-hydrogen) atoms. The SMILES string of the molecule is C=C(C)C(=O)N1C(CCCCNC(=O)C(C)(C)C(C)C)C1(C)C(C)C. The van der Waals surface area contributed by atoms with Gasteiger partial charge in [-0.05, 0) is 44.9 Å². The van der Waals surface area contributed by atoms with Gasteiger partial charge in [-0.3, -0.25) is 9.59 Å². The molecule has 1 N–H and O–H groups in total. The molecule has 0 bridgehead atoms. The molecular formula is C21H38N2O2. The standard InChI is InChI=1S/C21H38N2O2/c1-14(2)18(24)23-17(21(23,9)16(5)6)12-10-11-13-22-19(25)20(7,8)15(3)4/h15-17H,1,10-13H2,2-9H3,(H,22,25). The maximum Gasteiger partial charge on any atom is 0.249 e. The fourth-order valence-electron chi connectivity index (χ4n) is 3.28. The highest BCUT2D eigenvalue weighted by atomic mass is 16.2. The van der Waals surface area contributed by atoms with Crippen LogP contribution in [0.4, 0.5) is 0 Å². The van der Waals surface area contributed by atoms with Gasteiger partial charge in [-0.25, -0.2) is 0 Å². The molecule has 144 valence electrons. The zero-order valence-electron chi connectivity index (χ0n) is 17.5. The summed E-state index contributed by atoms with van der Waals surface area (Å²) >= 11 is 0. The fourth-order valence-corrected chi connectivity index (χ4v) is 3.28. The summed E-state index contributed by atoms with van der Waals surface area (Å²) in [5.41, 5.74) is 0.216. The Kier molecular flexibility index (Phi) is 6.88. The first-order valence-electron chi connectivity index (χ1n) is 9.65. The van der Waals surface area contributed by atoms with E-state index in [2.05, 4.69) is 46.5 Å². The van der Waals surface area contributed by atoms with Crippen LogP contribution in [0.3, 0.4) is 0 Å². The first-order chi connectivity index (χ1) is 11.4. The molecule has 0 aromatic heterocycles. The quantitative estimate of drug-likeness (QED) is 0.386. The Hall–Kier alpha value is -1.32. The Bertz CT molecular complexity index is 522. The van der Waals surface area contributed by atoms with Crippen LogP contribution in [-0.4, -0.2) is 34.8 Å². The van der Waals surface area contributed by atoms with E-state index < -0.39 is 0 Å². The van der Waals surface area contributed by atoms with Gasteiger partial charge in [-0.1, -0.05) is 48.1 Å². The number of nitrogens with zero attached hydrogens (tertiary/aromatic N) is 1. The van der Waals surface area contributed by atoms with Crippen LogP contribution in [-0.2, 0) is 9.59 Å². The second kappa shape index (κ2) is 7.92. The number of hydrogen-bond donors (Lipinski definition) is 1. The van der Waals surface area contributed by atoms with Crippen LogP contribution < -0.4 is 5.32 Å². The van der Waals surface area contributed by atoms with Crippen molar-refractivity contribution in [1.29, 1.82) is 0 Å². The molecule has 0 aromatic rings. The Balaban J connectivity index is 2.45. The normalized spacial score (nSPS) is 23.1. The average molecular weight is 351 g/mol. The predicted molar refractivity (Wildman–Crippen MR) is 104 cm³/mol. The minimum atomic E-state index is -0.336. The van der Waals surface area contributed by atoms with Gasteiger partial charge in [0.25, 0.3) is 0 Å². The lowest BCUT2D eigenvalue weighted by Gasteiger charge is -2.27. The highest BCUT2D eigenvalue weighted by Gasteiger charge is 2.62. The number of carbonyl (C=O) groups excluding carboxylic acids is 2. The van der Waals surface area contributed by atoms with Crippen molar-refractivity contribution in [1.82, 2.24) is 10.2 Å². The van der Waals surface area contributed by atoms with Crippen molar-refractivity contribution in [3.63, 3.8) is 0 Å². The molecule has 0 aromatic carbocycles. The van der Waals surface area contributed by atoms with E-state index in [4.69, 9.17) is 0 Å². The van der Waals surface area contributed by atoms with E-state index in [9.17, 15) is 9.59 Å². The molecule has 0 saturated carbocycles. The summed E-state index contributed by atoms with van der Waals surface area (Å²) in [5, 5.41) is 3.06. The zero-order chi connectivity index (χ0) is 19.6. The Labute approximate surface area is 154 Å². The average Bonchev–Trinajstić information content (AvgIpc) is 3.11. The molecule has 1 heterocycles. The van der Waals surface area contributed by atoms with Crippen molar-refractivity contribution < 1.29 is 9.59 Å². The molecule has 1 rings (SSSR count). The van der Waals surface area contributed by atoms with Crippen LogP contribution in [0.25, 0.3) is 0 Å². The van der Waals surface area contributed by atoms with Crippen LogP contribution in [0.1, 0.15) is 74.7 Å². The highest BCUT2D eigenvalue weighted by Crippen LogP contribution is 2.49. The van der Waals surface area contributed by atoms with Crippen molar-refractivity contribution in [2.75, 3.05) is 6.54 Å². The molecule has 4 nitrogen and oxygen atoms in total. The van der Waals surface area contributed by atoms with Crippen molar-refractivity contribution in [2.45, 2.75) is 86.2 Å². The van der Waals surface area contributed by atoms with Gasteiger partial charge >= 0.3 is 0 Å². The van der Waals surface area contributed by atoms with Gasteiger partial charge in [0.1, 0.15) is 0 Å². The van der Waals surface area contributed by atoms with Gasteiger partial charge in [0.15, 0.2) is 0 Å². The van der Waals surface area contributed by atoms with Crippen molar-refractivity contribution in [2.24, 2.45) is 17.3 Å². The van der Waals surface area contributed by atoms with Crippen LogP contribution >= 0.6 is 0 Å². The van der Waals surface area contributed by atoms with E-state index in [0.29, 0.717) is 30.0 Å².